The Kier molecular flexibility index (Phi) is 9.29. The van der Waals surface area contributed by atoms with Gasteiger partial charge in [-0.3, -0.25) is 27.5 Å². The molecule has 0 saturated heterocycles. The molecule has 82 heavy (non-hydrogen) atoms. The molecular formula is C72H44N10. The van der Waals surface area contributed by atoms with Gasteiger partial charge >= 0.3 is 0 Å². The highest BCUT2D eigenvalue weighted by Gasteiger charge is 2.26. The summed E-state index contributed by atoms with van der Waals surface area (Å²) < 4.78 is 13.9. The van der Waals surface area contributed by atoms with Crippen molar-refractivity contribution in [1.29, 1.82) is 0 Å². The fraction of sp³-hybridized carbons (Fsp3) is 0. The lowest BCUT2D eigenvalue weighted by atomic mass is 9.96. The number of fused-ring (bicyclic) bond motifs is 16. The molecule has 0 saturated carbocycles. The average Bonchev–Trinajstić information content (AvgIpc) is 2.59. The van der Waals surface area contributed by atoms with E-state index in [0.717, 1.165) is 145 Å². The monoisotopic (exact) mass is 1050 g/mol. The smallest absolute Gasteiger partial charge is 0.220 e. The van der Waals surface area contributed by atoms with Crippen LogP contribution in [0.15, 0.2) is 267 Å². The predicted octanol–water partition coefficient (Wildman–Crippen LogP) is 17.2. The SMILES string of the molecule is c1ccc(-n2c3ccccc3c3ccccc32)c(-c2ncc(-c3ccc(-c4ccccc4-n4c5ccccc5n5c6ccccc6nc45)c(-n4c5ccccc5c5cccnc54)c3)cc2-n2c3ccccc3n3c4ccccc4nc23)c1. The van der Waals surface area contributed by atoms with Crippen LogP contribution in [0.4, 0.5) is 0 Å². The van der Waals surface area contributed by atoms with E-state index in [0.29, 0.717) is 0 Å². The van der Waals surface area contributed by atoms with E-state index in [9.17, 15) is 0 Å². The van der Waals surface area contributed by atoms with Gasteiger partial charge in [-0.15, -0.1) is 0 Å². The van der Waals surface area contributed by atoms with E-state index >= 15 is 0 Å². The van der Waals surface area contributed by atoms with Gasteiger partial charge in [0.25, 0.3) is 0 Å². The van der Waals surface area contributed by atoms with Crippen LogP contribution in [0.1, 0.15) is 0 Å². The maximum atomic E-state index is 5.67. The Balaban J connectivity index is 0.923. The first-order valence-electron chi connectivity index (χ1n) is 27.6. The van der Waals surface area contributed by atoms with Crippen molar-refractivity contribution in [1.82, 2.24) is 47.0 Å². The van der Waals surface area contributed by atoms with Gasteiger partial charge in [0.1, 0.15) is 5.65 Å². The molecule has 0 aliphatic heterocycles. The van der Waals surface area contributed by atoms with Crippen molar-refractivity contribution in [3.8, 4) is 56.3 Å². The summed E-state index contributed by atoms with van der Waals surface area (Å²) in [6, 6.07) is 90.8. The fourth-order valence-corrected chi connectivity index (χ4v) is 13.3. The molecule has 10 heteroatoms. The molecule has 0 fully saturated rings. The molecule has 0 amide bonds. The van der Waals surface area contributed by atoms with Crippen molar-refractivity contribution in [2.45, 2.75) is 0 Å². The number of rotatable bonds is 7. The van der Waals surface area contributed by atoms with Crippen molar-refractivity contribution < 1.29 is 0 Å². The van der Waals surface area contributed by atoms with E-state index in [1.54, 1.807) is 0 Å². The Bertz CT molecular complexity index is 5580. The van der Waals surface area contributed by atoms with Gasteiger partial charge in [-0.1, -0.05) is 152 Å². The lowest BCUT2D eigenvalue weighted by molar-refractivity contribution is 1.09. The molecule has 18 aromatic rings. The van der Waals surface area contributed by atoms with Gasteiger partial charge < -0.3 is 4.57 Å². The molecule has 10 nitrogen and oxygen atoms in total. The van der Waals surface area contributed by atoms with Crippen molar-refractivity contribution in [3.63, 3.8) is 0 Å². The molecule has 0 bridgehead atoms. The van der Waals surface area contributed by atoms with Crippen LogP contribution in [-0.2, 0) is 0 Å². The highest BCUT2D eigenvalue weighted by molar-refractivity contribution is 6.11. The largest absolute Gasteiger partial charge is 0.309 e. The summed E-state index contributed by atoms with van der Waals surface area (Å²) in [6.45, 7) is 0. The molecule has 0 spiro atoms. The molecule has 10 aromatic carbocycles. The Labute approximate surface area is 467 Å². The zero-order chi connectivity index (χ0) is 53.6. The molecule has 0 aliphatic rings. The number of benzene rings is 10. The first-order chi connectivity index (χ1) is 40.7. The predicted molar refractivity (Wildman–Crippen MR) is 333 cm³/mol. The van der Waals surface area contributed by atoms with Crippen LogP contribution in [0.5, 0.6) is 0 Å². The molecule has 0 radical (unpaired) electrons. The zero-order valence-electron chi connectivity index (χ0n) is 43.9. The standard InChI is InChI=1S/C72H44N10/c1-8-28-56-47(20-1)48-21-2-9-29-57(48)77(56)60-32-12-5-24-53(60)69-68(82-66-38-18-17-37-65(66)81-62-34-14-7-27-55(62)76-72(81)82)43-46(44-74-69)45-39-40-51(67(42-45)78-58-30-10-4-23-50(58)52-25-19-41-73-70(52)78)49-22-3-11-31-59(49)79-63-35-15-16-36-64(63)80-61-33-13-6-26-54(61)75-71(79)80/h1-44H. The topological polar surface area (TPSA) is 80.1 Å². The summed E-state index contributed by atoms with van der Waals surface area (Å²) in [6.07, 6.45) is 3.95. The molecule has 18 rings (SSSR count). The lowest BCUT2D eigenvalue weighted by Crippen LogP contribution is -2.05. The number of para-hydroxylation sites is 13. The highest BCUT2D eigenvalue weighted by atomic mass is 15.2. The summed E-state index contributed by atoms with van der Waals surface area (Å²) >= 11 is 0. The van der Waals surface area contributed by atoms with Gasteiger partial charge in [-0.2, -0.15) is 0 Å². The summed E-state index contributed by atoms with van der Waals surface area (Å²) in [5.74, 6) is 1.65. The van der Waals surface area contributed by atoms with Crippen LogP contribution in [0.2, 0.25) is 0 Å². The molecule has 0 atom stereocenters. The lowest BCUT2D eigenvalue weighted by Gasteiger charge is -2.20. The van der Waals surface area contributed by atoms with Crippen LogP contribution in [0, 0.1) is 0 Å². The quantitative estimate of drug-likeness (QED) is 0.159. The normalized spacial score (nSPS) is 12.1. The minimum Gasteiger partial charge on any atom is -0.309 e. The highest BCUT2D eigenvalue weighted by Crippen LogP contribution is 2.44. The number of hydrogen-bond donors (Lipinski definition) is 0. The summed E-state index contributed by atoms with van der Waals surface area (Å²) in [5, 5.41) is 4.60. The van der Waals surface area contributed by atoms with Crippen molar-refractivity contribution in [2.75, 3.05) is 0 Å². The number of hydrogen-bond acceptors (Lipinski definition) is 4. The summed E-state index contributed by atoms with van der Waals surface area (Å²) in [5.41, 5.74) is 22.1. The first kappa shape index (κ1) is 44.6. The van der Waals surface area contributed by atoms with E-state index in [1.807, 2.05) is 12.3 Å². The average molecular weight is 1050 g/mol. The van der Waals surface area contributed by atoms with Gasteiger partial charge in [-0.05, 0) is 109 Å². The Hall–Kier alpha value is -11.4. The summed E-state index contributed by atoms with van der Waals surface area (Å²) in [4.78, 5) is 21.6. The fourth-order valence-electron chi connectivity index (χ4n) is 13.3. The maximum Gasteiger partial charge on any atom is 0.220 e. The van der Waals surface area contributed by atoms with E-state index in [4.69, 9.17) is 19.9 Å². The Morgan fingerprint density at radius 2 is 0.707 bits per heavy atom. The van der Waals surface area contributed by atoms with Crippen LogP contribution >= 0.6 is 0 Å². The van der Waals surface area contributed by atoms with Gasteiger partial charge in [0.2, 0.25) is 11.6 Å². The number of pyridine rings is 2. The van der Waals surface area contributed by atoms with Crippen LogP contribution in [-0.4, -0.2) is 47.0 Å². The third-order valence-electron chi connectivity index (χ3n) is 16.7. The first-order valence-corrected chi connectivity index (χ1v) is 27.6. The number of imidazole rings is 4. The van der Waals surface area contributed by atoms with Gasteiger partial charge in [0, 0.05) is 56.2 Å². The van der Waals surface area contributed by atoms with E-state index in [-0.39, 0.29) is 0 Å². The molecule has 8 aromatic heterocycles. The van der Waals surface area contributed by atoms with Crippen LogP contribution < -0.4 is 0 Å². The van der Waals surface area contributed by atoms with Gasteiger partial charge in [0.05, 0.1) is 89.1 Å². The molecule has 0 aliphatic carbocycles. The molecule has 8 heterocycles. The second kappa shape index (κ2) is 17.1. The van der Waals surface area contributed by atoms with Crippen LogP contribution in [0.25, 0.3) is 156 Å². The van der Waals surface area contributed by atoms with E-state index < -0.39 is 0 Å². The minimum absolute atomic E-state index is 0.804. The van der Waals surface area contributed by atoms with Gasteiger partial charge in [0.15, 0.2) is 0 Å². The van der Waals surface area contributed by atoms with Crippen LogP contribution in [0.3, 0.4) is 0 Å². The summed E-state index contributed by atoms with van der Waals surface area (Å²) in [7, 11) is 0. The van der Waals surface area contributed by atoms with Crippen molar-refractivity contribution in [3.05, 3.63) is 267 Å². The number of nitrogens with zero attached hydrogens (tertiary/aromatic N) is 10. The minimum atomic E-state index is 0.804. The van der Waals surface area contributed by atoms with Crippen molar-refractivity contribution >= 4 is 99.4 Å². The van der Waals surface area contributed by atoms with E-state index in [1.165, 1.54) is 10.8 Å². The second-order valence-electron chi connectivity index (χ2n) is 21.1. The third-order valence-corrected chi connectivity index (χ3v) is 16.7. The molecule has 0 unspecified atom stereocenters. The van der Waals surface area contributed by atoms with Crippen molar-refractivity contribution in [2.24, 2.45) is 0 Å². The van der Waals surface area contributed by atoms with E-state index in [2.05, 4.69) is 282 Å². The Morgan fingerprint density at radius 3 is 1.33 bits per heavy atom. The third kappa shape index (κ3) is 6.22. The number of aromatic nitrogens is 10. The second-order valence-corrected chi connectivity index (χ2v) is 21.1. The maximum absolute atomic E-state index is 5.67. The zero-order valence-corrected chi connectivity index (χ0v) is 43.9. The Morgan fingerprint density at radius 1 is 0.268 bits per heavy atom. The molecular weight excluding hydrogens is 1000 g/mol. The molecule has 0 N–H and O–H groups in total. The molecule has 382 valence electrons. The van der Waals surface area contributed by atoms with Gasteiger partial charge in [-0.25, -0.2) is 15.0 Å².